The molecule has 0 atom stereocenters. The molecule has 1 fully saturated rings. The van der Waals surface area contributed by atoms with E-state index in [9.17, 15) is 9.59 Å². The molecule has 0 aromatic carbocycles. The molecule has 6 nitrogen and oxygen atoms in total. The number of hydrogen-bond acceptors (Lipinski definition) is 4. The molecule has 1 aliphatic rings. The fraction of sp³-hybridized carbons (Fsp3) is 0.625. The Kier molecular flexibility index (Phi) is 6.45. The molecule has 0 N–H and O–H groups in total. The number of carbonyl (C=O) groups is 2. The van der Waals surface area contributed by atoms with Crippen molar-refractivity contribution in [2.24, 2.45) is 0 Å². The second-order valence-electron chi connectivity index (χ2n) is 5.49. The van der Waals surface area contributed by atoms with Crippen LogP contribution in [0.1, 0.15) is 36.0 Å². The zero-order chi connectivity index (χ0) is 15.8. The van der Waals surface area contributed by atoms with Gasteiger partial charge in [-0.25, -0.2) is 0 Å². The molecule has 0 saturated carbocycles. The summed E-state index contributed by atoms with van der Waals surface area (Å²) in [7, 11) is 1.60. The lowest BCUT2D eigenvalue weighted by molar-refractivity contribution is -0.132. The first-order valence-electron chi connectivity index (χ1n) is 7.80. The van der Waals surface area contributed by atoms with Crippen molar-refractivity contribution in [1.82, 2.24) is 9.80 Å². The van der Waals surface area contributed by atoms with E-state index in [-0.39, 0.29) is 11.8 Å². The maximum Gasteiger partial charge on any atom is 0.257 e. The van der Waals surface area contributed by atoms with Gasteiger partial charge in [0.1, 0.15) is 6.26 Å². The van der Waals surface area contributed by atoms with Crippen molar-refractivity contribution in [2.45, 2.75) is 25.7 Å². The molecule has 0 radical (unpaired) electrons. The summed E-state index contributed by atoms with van der Waals surface area (Å²) in [5.74, 6) is -0.000598. The highest BCUT2D eigenvalue weighted by atomic mass is 16.5. The summed E-state index contributed by atoms with van der Waals surface area (Å²) >= 11 is 0. The fourth-order valence-electron chi connectivity index (χ4n) is 2.62. The van der Waals surface area contributed by atoms with E-state index < -0.39 is 0 Å². The summed E-state index contributed by atoms with van der Waals surface area (Å²) in [4.78, 5) is 28.2. The Bertz CT molecular complexity index is 467. The molecule has 0 bridgehead atoms. The van der Waals surface area contributed by atoms with Crippen LogP contribution in [0.15, 0.2) is 23.0 Å². The van der Waals surface area contributed by atoms with Gasteiger partial charge in [0, 0.05) is 39.7 Å². The maximum atomic E-state index is 12.4. The van der Waals surface area contributed by atoms with E-state index in [4.69, 9.17) is 9.15 Å². The van der Waals surface area contributed by atoms with Crippen LogP contribution in [0.5, 0.6) is 0 Å². The molecule has 6 heteroatoms. The number of furan rings is 1. The average molecular weight is 308 g/mol. The smallest absolute Gasteiger partial charge is 0.257 e. The molecule has 0 aliphatic carbocycles. The molecule has 22 heavy (non-hydrogen) atoms. The van der Waals surface area contributed by atoms with Crippen LogP contribution in [0.25, 0.3) is 0 Å². The van der Waals surface area contributed by atoms with E-state index in [0.717, 1.165) is 25.9 Å². The summed E-state index contributed by atoms with van der Waals surface area (Å²) in [6.45, 7) is 3.00. The van der Waals surface area contributed by atoms with Gasteiger partial charge in [0.2, 0.25) is 5.91 Å². The minimum atomic E-state index is -0.128. The first kappa shape index (κ1) is 16.5. The number of piperidine rings is 1. The van der Waals surface area contributed by atoms with Gasteiger partial charge in [-0.15, -0.1) is 0 Å². The standard InChI is InChI=1S/C16H24N2O4/c1-21-12-10-18(16(20)14-6-11-22-13-14)9-5-15(19)17-7-3-2-4-8-17/h6,11,13H,2-5,7-10,12H2,1H3. The Balaban J connectivity index is 1.88. The van der Waals surface area contributed by atoms with Gasteiger partial charge in [0.25, 0.3) is 5.91 Å². The number of methoxy groups -OCH3 is 1. The van der Waals surface area contributed by atoms with Gasteiger partial charge in [-0.05, 0) is 25.3 Å². The van der Waals surface area contributed by atoms with Gasteiger partial charge in [-0.3, -0.25) is 9.59 Å². The summed E-state index contributed by atoms with van der Waals surface area (Å²) in [6.07, 6.45) is 6.60. The van der Waals surface area contributed by atoms with E-state index in [1.807, 2.05) is 4.90 Å². The number of likely N-dealkylation sites (tertiary alicyclic amines) is 1. The number of nitrogens with zero attached hydrogens (tertiary/aromatic N) is 2. The zero-order valence-electron chi connectivity index (χ0n) is 13.1. The summed E-state index contributed by atoms with van der Waals surface area (Å²) in [5.41, 5.74) is 0.501. The Labute approximate surface area is 131 Å². The maximum absolute atomic E-state index is 12.4. The third kappa shape index (κ3) is 4.59. The molecule has 0 spiro atoms. The van der Waals surface area contributed by atoms with Crippen molar-refractivity contribution in [2.75, 3.05) is 39.9 Å². The highest BCUT2D eigenvalue weighted by Gasteiger charge is 2.20. The van der Waals surface area contributed by atoms with Crippen molar-refractivity contribution >= 4 is 11.8 Å². The van der Waals surface area contributed by atoms with Crippen molar-refractivity contribution in [1.29, 1.82) is 0 Å². The van der Waals surface area contributed by atoms with Crippen LogP contribution in [-0.2, 0) is 9.53 Å². The van der Waals surface area contributed by atoms with Crippen LogP contribution in [0.3, 0.4) is 0 Å². The van der Waals surface area contributed by atoms with Crippen molar-refractivity contribution in [3.63, 3.8) is 0 Å². The van der Waals surface area contributed by atoms with Crippen LogP contribution in [0, 0.1) is 0 Å². The van der Waals surface area contributed by atoms with Crippen LogP contribution < -0.4 is 0 Å². The molecule has 2 rings (SSSR count). The number of hydrogen-bond donors (Lipinski definition) is 0. The Morgan fingerprint density at radius 2 is 2.05 bits per heavy atom. The predicted octanol–water partition coefficient (Wildman–Crippen LogP) is 1.77. The van der Waals surface area contributed by atoms with Crippen molar-refractivity contribution in [3.8, 4) is 0 Å². The van der Waals surface area contributed by atoms with Crippen LogP contribution in [0.2, 0.25) is 0 Å². The molecule has 1 aromatic rings. The second kappa shape index (κ2) is 8.58. The van der Waals surface area contributed by atoms with Crippen LogP contribution >= 0.6 is 0 Å². The third-order valence-electron chi connectivity index (χ3n) is 3.93. The Morgan fingerprint density at radius 1 is 1.27 bits per heavy atom. The lowest BCUT2D eigenvalue weighted by Gasteiger charge is -2.28. The molecule has 2 amide bonds. The number of amides is 2. The van der Waals surface area contributed by atoms with Crippen molar-refractivity contribution in [3.05, 3.63) is 24.2 Å². The first-order chi connectivity index (χ1) is 10.7. The predicted molar refractivity (Wildman–Crippen MR) is 81.5 cm³/mol. The highest BCUT2D eigenvalue weighted by molar-refractivity contribution is 5.94. The van der Waals surface area contributed by atoms with E-state index in [2.05, 4.69) is 0 Å². The molecular weight excluding hydrogens is 284 g/mol. The lowest BCUT2D eigenvalue weighted by Crippen LogP contribution is -2.40. The van der Waals surface area contributed by atoms with Gasteiger partial charge < -0.3 is 19.0 Å². The Hall–Kier alpha value is -1.82. The Morgan fingerprint density at radius 3 is 2.68 bits per heavy atom. The van der Waals surface area contributed by atoms with Crippen molar-refractivity contribution < 1.29 is 18.7 Å². The minimum Gasteiger partial charge on any atom is -0.472 e. The molecule has 1 aromatic heterocycles. The van der Waals surface area contributed by atoms with Crippen LogP contribution in [0.4, 0.5) is 0 Å². The van der Waals surface area contributed by atoms with Gasteiger partial charge in [-0.2, -0.15) is 0 Å². The molecule has 1 aliphatic heterocycles. The summed E-state index contributed by atoms with van der Waals surface area (Å²) in [6, 6.07) is 1.63. The molecular formula is C16H24N2O4. The summed E-state index contributed by atoms with van der Waals surface area (Å²) < 4.78 is 10.0. The van der Waals surface area contributed by atoms with E-state index in [1.165, 1.54) is 18.9 Å². The normalized spacial score (nSPS) is 14.9. The van der Waals surface area contributed by atoms with Crippen LogP contribution in [-0.4, -0.2) is 61.5 Å². The highest BCUT2D eigenvalue weighted by Crippen LogP contribution is 2.11. The number of rotatable bonds is 7. The molecule has 0 unspecified atom stereocenters. The SMILES string of the molecule is COCCN(CCC(=O)N1CCCCC1)C(=O)c1ccoc1. The topological polar surface area (TPSA) is 63.0 Å². The van der Waals surface area contributed by atoms with E-state index >= 15 is 0 Å². The lowest BCUT2D eigenvalue weighted by atomic mass is 10.1. The minimum absolute atomic E-state index is 0.127. The van der Waals surface area contributed by atoms with Gasteiger partial charge in [0.05, 0.1) is 18.4 Å². The molecule has 1 saturated heterocycles. The molecule has 2 heterocycles. The van der Waals surface area contributed by atoms with E-state index in [1.54, 1.807) is 18.1 Å². The number of ether oxygens (including phenoxy) is 1. The fourth-order valence-corrected chi connectivity index (χ4v) is 2.62. The number of carbonyl (C=O) groups excluding carboxylic acids is 2. The monoisotopic (exact) mass is 308 g/mol. The largest absolute Gasteiger partial charge is 0.472 e. The van der Waals surface area contributed by atoms with Gasteiger partial charge >= 0.3 is 0 Å². The summed E-state index contributed by atoms with van der Waals surface area (Å²) in [5, 5.41) is 0. The quantitative estimate of drug-likeness (QED) is 0.770. The first-order valence-corrected chi connectivity index (χ1v) is 7.80. The van der Waals surface area contributed by atoms with Gasteiger partial charge in [0.15, 0.2) is 0 Å². The van der Waals surface area contributed by atoms with E-state index in [0.29, 0.717) is 31.7 Å². The zero-order valence-corrected chi connectivity index (χ0v) is 13.1. The average Bonchev–Trinajstić information content (AvgIpc) is 3.09. The second-order valence-corrected chi connectivity index (χ2v) is 5.49. The molecule has 122 valence electrons. The third-order valence-corrected chi connectivity index (χ3v) is 3.93. The van der Waals surface area contributed by atoms with Gasteiger partial charge in [-0.1, -0.05) is 0 Å².